The van der Waals surface area contributed by atoms with Crippen LogP contribution in [0.5, 0.6) is 5.75 Å². The third-order valence-electron chi connectivity index (χ3n) is 3.61. The summed E-state index contributed by atoms with van der Waals surface area (Å²) in [7, 11) is 3.32. The van der Waals surface area contributed by atoms with Crippen LogP contribution in [-0.4, -0.2) is 46.2 Å². The first-order valence-electron chi connectivity index (χ1n) is 7.52. The van der Waals surface area contributed by atoms with Gasteiger partial charge >= 0.3 is 6.03 Å². The van der Waals surface area contributed by atoms with Gasteiger partial charge in [-0.1, -0.05) is 0 Å². The summed E-state index contributed by atoms with van der Waals surface area (Å²) in [6.45, 7) is 5.30. The van der Waals surface area contributed by atoms with E-state index in [4.69, 9.17) is 4.74 Å². The van der Waals surface area contributed by atoms with Crippen molar-refractivity contribution in [3.63, 3.8) is 0 Å². The van der Waals surface area contributed by atoms with Gasteiger partial charge in [-0.05, 0) is 32.4 Å². The van der Waals surface area contributed by atoms with E-state index in [-0.39, 0.29) is 6.03 Å². The number of aromatic nitrogens is 3. The van der Waals surface area contributed by atoms with Gasteiger partial charge in [0.05, 0.1) is 7.11 Å². The number of rotatable bonds is 6. The molecule has 0 aromatic carbocycles. The van der Waals surface area contributed by atoms with Crippen molar-refractivity contribution < 1.29 is 9.53 Å². The van der Waals surface area contributed by atoms with Gasteiger partial charge in [0.2, 0.25) is 0 Å². The summed E-state index contributed by atoms with van der Waals surface area (Å²) >= 11 is 0. The van der Waals surface area contributed by atoms with Gasteiger partial charge in [-0.3, -0.25) is 5.32 Å². The number of imidazole rings is 1. The zero-order chi connectivity index (χ0) is 16.8. The molecule has 0 aliphatic carbocycles. The van der Waals surface area contributed by atoms with Crippen LogP contribution in [0.2, 0.25) is 0 Å². The van der Waals surface area contributed by atoms with Crippen molar-refractivity contribution in [2.24, 2.45) is 0 Å². The molecule has 0 aliphatic rings. The highest BCUT2D eigenvalue weighted by atomic mass is 16.5. The molecule has 0 bridgehead atoms. The number of methoxy groups -OCH3 is 1. The summed E-state index contributed by atoms with van der Waals surface area (Å²) in [4.78, 5) is 22.4. The molecule has 2 rings (SSSR count). The van der Waals surface area contributed by atoms with Crippen molar-refractivity contribution in [1.29, 1.82) is 0 Å². The second kappa shape index (κ2) is 7.62. The van der Waals surface area contributed by atoms with Gasteiger partial charge in [-0.15, -0.1) is 0 Å². The normalized spacial score (nSPS) is 10.4. The van der Waals surface area contributed by atoms with E-state index in [1.807, 2.05) is 26.1 Å². The van der Waals surface area contributed by atoms with E-state index >= 15 is 0 Å². The van der Waals surface area contributed by atoms with E-state index in [9.17, 15) is 4.79 Å². The summed E-state index contributed by atoms with van der Waals surface area (Å²) in [6, 6.07) is 3.43. The molecule has 0 fully saturated rings. The summed E-state index contributed by atoms with van der Waals surface area (Å²) < 4.78 is 7.28. The Kier molecular flexibility index (Phi) is 5.56. The molecule has 2 aromatic rings. The van der Waals surface area contributed by atoms with E-state index in [0.29, 0.717) is 18.1 Å². The number of amides is 2. The molecule has 2 heterocycles. The molecular weight excluding hydrogens is 294 g/mol. The number of nitrogens with zero attached hydrogens (tertiary/aromatic N) is 4. The molecule has 124 valence electrons. The van der Waals surface area contributed by atoms with Crippen molar-refractivity contribution in [3.05, 3.63) is 36.0 Å². The number of aryl methyl sites for hydroxylation is 3. The van der Waals surface area contributed by atoms with Gasteiger partial charge in [-0.25, -0.2) is 14.8 Å². The molecule has 0 aliphatic heterocycles. The standard InChI is InChI=1S/C16H23N5O2/c1-12-6-7-14(23-4)15(18-12)19-16(22)20(3)9-5-10-21-11-8-17-13(21)2/h6-8,11H,5,9-10H2,1-4H3,(H,18,19,22). The topological polar surface area (TPSA) is 72.3 Å². The molecule has 2 aromatic heterocycles. The first kappa shape index (κ1) is 16.8. The lowest BCUT2D eigenvalue weighted by Gasteiger charge is -2.19. The maximum absolute atomic E-state index is 12.3. The van der Waals surface area contributed by atoms with Crippen LogP contribution in [0.3, 0.4) is 0 Å². The quantitative estimate of drug-likeness (QED) is 0.888. The number of urea groups is 1. The summed E-state index contributed by atoms with van der Waals surface area (Å²) in [5.41, 5.74) is 0.819. The van der Waals surface area contributed by atoms with Gasteiger partial charge in [0.15, 0.2) is 11.6 Å². The smallest absolute Gasteiger partial charge is 0.322 e. The molecule has 2 amide bonds. The minimum absolute atomic E-state index is 0.205. The number of carbonyl (C=O) groups excluding carboxylic acids is 1. The average Bonchev–Trinajstić information content (AvgIpc) is 2.92. The van der Waals surface area contributed by atoms with Crippen molar-refractivity contribution in [2.45, 2.75) is 26.8 Å². The van der Waals surface area contributed by atoms with Crippen LogP contribution in [0.1, 0.15) is 17.9 Å². The predicted molar refractivity (Wildman–Crippen MR) is 88.8 cm³/mol. The Morgan fingerprint density at radius 1 is 1.39 bits per heavy atom. The highest BCUT2D eigenvalue weighted by molar-refractivity contribution is 5.89. The summed E-state index contributed by atoms with van der Waals surface area (Å²) in [6.07, 6.45) is 4.57. The summed E-state index contributed by atoms with van der Waals surface area (Å²) in [5.74, 6) is 1.96. The monoisotopic (exact) mass is 317 g/mol. The molecule has 0 saturated heterocycles. The number of pyridine rings is 1. The molecule has 0 atom stereocenters. The van der Waals surface area contributed by atoms with Crippen LogP contribution >= 0.6 is 0 Å². The molecule has 0 unspecified atom stereocenters. The molecular formula is C16H23N5O2. The molecule has 0 saturated carbocycles. The Balaban J connectivity index is 1.87. The van der Waals surface area contributed by atoms with Crippen molar-refractivity contribution in [3.8, 4) is 5.75 Å². The first-order chi connectivity index (χ1) is 11.0. The summed E-state index contributed by atoms with van der Waals surface area (Å²) in [5, 5.41) is 2.79. The van der Waals surface area contributed by atoms with E-state index in [0.717, 1.165) is 24.5 Å². The maximum Gasteiger partial charge on any atom is 0.322 e. The second-order valence-electron chi connectivity index (χ2n) is 5.38. The SMILES string of the molecule is COc1ccc(C)nc1NC(=O)N(C)CCCn1ccnc1C. The third kappa shape index (κ3) is 4.45. The van der Waals surface area contributed by atoms with Gasteiger partial charge in [0.1, 0.15) is 5.82 Å². The number of hydrogen-bond acceptors (Lipinski definition) is 4. The van der Waals surface area contributed by atoms with E-state index in [1.165, 1.54) is 0 Å². The third-order valence-corrected chi connectivity index (χ3v) is 3.61. The molecule has 0 radical (unpaired) electrons. The fourth-order valence-electron chi connectivity index (χ4n) is 2.21. The lowest BCUT2D eigenvalue weighted by molar-refractivity contribution is 0.221. The van der Waals surface area contributed by atoms with Crippen LogP contribution in [0.25, 0.3) is 0 Å². The van der Waals surface area contributed by atoms with Crippen molar-refractivity contribution >= 4 is 11.8 Å². The average molecular weight is 317 g/mol. The minimum Gasteiger partial charge on any atom is -0.493 e. The Morgan fingerprint density at radius 3 is 2.83 bits per heavy atom. The van der Waals surface area contributed by atoms with Crippen molar-refractivity contribution in [1.82, 2.24) is 19.4 Å². The maximum atomic E-state index is 12.3. The minimum atomic E-state index is -0.205. The molecule has 7 heteroatoms. The Bertz CT molecular complexity index is 668. The molecule has 1 N–H and O–H groups in total. The second-order valence-corrected chi connectivity index (χ2v) is 5.38. The molecule has 0 spiro atoms. The molecule has 23 heavy (non-hydrogen) atoms. The van der Waals surface area contributed by atoms with Crippen LogP contribution in [0.4, 0.5) is 10.6 Å². The highest BCUT2D eigenvalue weighted by Crippen LogP contribution is 2.21. The Labute approximate surface area is 136 Å². The highest BCUT2D eigenvalue weighted by Gasteiger charge is 2.13. The van der Waals surface area contributed by atoms with Gasteiger partial charge < -0.3 is 14.2 Å². The first-order valence-corrected chi connectivity index (χ1v) is 7.52. The Hall–Kier alpha value is -2.57. The van der Waals surface area contributed by atoms with E-state index in [2.05, 4.69) is 19.9 Å². The van der Waals surface area contributed by atoms with Gasteiger partial charge in [-0.2, -0.15) is 0 Å². The lowest BCUT2D eigenvalue weighted by atomic mass is 10.3. The van der Waals surface area contributed by atoms with Crippen LogP contribution in [0.15, 0.2) is 24.5 Å². The van der Waals surface area contributed by atoms with Crippen LogP contribution in [0, 0.1) is 13.8 Å². The number of nitrogens with one attached hydrogen (secondary N) is 1. The number of carbonyl (C=O) groups is 1. The fraction of sp³-hybridized carbons (Fsp3) is 0.438. The number of ether oxygens (including phenoxy) is 1. The van der Waals surface area contributed by atoms with Crippen LogP contribution in [-0.2, 0) is 6.54 Å². The van der Waals surface area contributed by atoms with Gasteiger partial charge in [0.25, 0.3) is 0 Å². The van der Waals surface area contributed by atoms with E-state index in [1.54, 1.807) is 31.3 Å². The Morgan fingerprint density at radius 2 is 2.17 bits per heavy atom. The zero-order valence-electron chi connectivity index (χ0n) is 14.0. The number of anilines is 1. The van der Waals surface area contributed by atoms with Crippen LogP contribution < -0.4 is 10.1 Å². The predicted octanol–water partition coefficient (Wildman–Crippen LogP) is 2.46. The van der Waals surface area contributed by atoms with Gasteiger partial charge in [0, 0.05) is 38.2 Å². The largest absolute Gasteiger partial charge is 0.493 e. The zero-order valence-corrected chi connectivity index (χ0v) is 14.0. The number of hydrogen-bond donors (Lipinski definition) is 1. The van der Waals surface area contributed by atoms with Crippen molar-refractivity contribution in [2.75, 3.05) is 26.0 Å². The molecule has 7 nitrogen and oxygen atoms in total. The lowest BCUT2D eigenvalue weighted by Crippen LogP contribution is -2.33. The fourth-order valence-corrected chi connectivity index (χ4v) is 2.21. The van der Waals surface area contributed by atoms with E-state index < -0.39 is 0 Å².